The fourth-order valence-corrected chi connectivity index (χ4v) is 3.12. The molecule has 1 fully saturated rings. The van der Waals surface area contributed by atoms with E-state index in [0.717, 1.165) is 32.2 Å². The van der Waals surface area contributed by atoms with Gasteiger partial charge in [0, 0.05) is 25.8 Å². The zero-order chi connectivity index (χ0) is 15.6. The molecule has 1 aliphatic rings. The first-order valence-electron chi connectivity index (χ1n) is 7.31. The Morgan fingerprint density at radius 3 is 2.67 bits per heavy atom. The van der Waals surface area contributed by atoms with E-state index in [9.17, 15) is 13.2 Å². The van der Waals surface area contributed by atoms with Crippen LogP contribution in [0.25, 0.3) is 0 Å². The van der Waals surface area contributed by atoms with E-state index in [-0.39, 0.29) is 10.8 Å². The van der Waals surface area contributed by atoms with Crippen LogP contribution in [0.1, 0.15) is 43.1 Å². The first-order chi connectivity index (χ1) is 9.90. The van der Waals surface area contributed by atoms with Gasteiger partial charge >= 0.3 is 0 Å². The topological polar surface area (TPSA) is 71.4 Å². The van der Waals surface area contributed by atoms with Gasteiger partial charge in [0.2, 0.25) is 10.0 Å². The maximum absolute atomic E-state index is 12.7. The second-order valence-corrected chi connectivity index (χ2v) is 7.35. The van der Waals surface area contributed by atoms with Crippen molar-refractivity contribution in [2.75, 3.05) is 13.6 Å². The molecule has 1 N–H and O–H groups in total. The molecule has 1 aromatic heterocycles. The summed E-state index contributed by atoms with van der Waals surface area (Å²) in [6.07, 6.45) is 5.56. The van der Waals surface area contributed by atoms with Gasteiger partial charge in [0.05, 0.1) is 0 Å². The van der Waals surface area contributed by atoms with Crippen LogP contribution in [0.4, 0.5) is 0 Å². The van der Waals surface area contributed by atoms with Crippen molar-refractivity contribution in [1.29, 1.82) is 0 Å². The van der Waals surface area contributed by atoms with E-state index in [2.05, 4.69) is 11.6 Å². The monoisotopic (exact) mass is 313 g/mol. The zero-order valence-corrected chi connectivity index (χ0v) is 13.6. The Balaban J connectivity index is 2.26. The molecule has 0 saturated heterocycles. The Morgan fingerprint density at radius 1 is 1.48 bits per heavy atom. The molecule has 1 aromatic rings. The molecule has 118 valence electrons. The van der Waals surface area contributed by atoms with E-state index in [1.165, 1.54) is 19.3 Å². The number of unbranched alkanes of at least 4 members (excludes halogenated alkanes) is 1. The predicted octanol–water partition coefficient (Wildman–Crippen LogP) is 1.34. The molecular weight excluding hydrogens is 290 g/mol. The van der Waals surface area contributed by atoms with E-state index in [0.29, 0.717) is 11.7 Å². The highest BCUT2D eigenvalue weighted by Crippen LogP contribution is 2.29. The van der Waals surface area contributed by atoms with Crippen molar-refractivity contribution in [3.05, 3.63) is 18.0 Å². The van der Waals surface area contributed by atoms with Crippen LogP contribution >= 0.6 is 0 Å². The number of nitrogens with one attached hydrogen (secondary N) is 1. The van der Waals surface area contributed by atoms with Gasteiger partial charge in [-0.05, 0) is 32.4 Å². The lowest BCUT2D eigenvalue weighted by Crippen LogP contribution is -2.35. The van der Waals surface area contributed by atoms with Crippen molar-refractivity contribution >= 4 is 15.9 Å². The molecule has 1 aliphatic carbocycles. The number of carbonyl (C=O) groups excluding carboxylic acids is 1. The van der Waals surface area contributed by atoms with Crippen LogP contribution in [0.3, 0.4) is 0 Å². The minimum absolute atomic E-state index is 0.0778. The fourth-order valence-electron chi connectivity index (χ4n) is 2.32. The average molecular weight is 313 g/mol. The number of hydrogen-bond donors (Lipinski definition) is 1. The van der Waals surface area contributed by atoms with Crippen molar-refractivity contribution in [2.45, 2.75) is 43.5 Å². The minimum atomic E-state index is -3.52. The summed E-state index contributed by atoms with van der Waals surface area (Å²) in [5.74, 6) is -0.0778. The number of aromatic nitrogens is 1. The average Bonchev–Trinajstić information content (AvgIpc) is 3.20. The third kappa shape index (κ3) is 3.47. The van der Waals surface area contributed by atoms with Gasteiger partial charge in [-0.15, -0.1) is 0 Å². The lowest BCUT2D eigenvalue weighted by atomic mass is 10.2. The highest BCUT2D eigenvalue weighted by molar-refractivity contribution is 7.89. The van der Waals surface area contributed by atoms with Gasteiger partial charge in [-0.3, -0.25) is 4.79 Å². The number of rotatable bonds is 7. The zero-order valence-electron chi connectivity index (χ0n) is 12.8. The Hall–Kier alpha value is -1.34. The molecule has 0 aliphatic heterocycles. The van der Waals surface area contributed by atoms with Crippen molar-refractivity contribution in [3.63, 3.8) is 0 Å². The molecule has 0 aromatic carbocycles. The Morgan fingerprint density at radius 2 is 2.14 bits per heavy atom. The van der Waals surface area contributed by atoms with Gasteiger partial charge in [-0.1, -0.05) is 13.3 Å². The Bertz CT molecular complexity index is 617. The lowest BCUT2D eigenvalue weighted by molar-refractivity contribution is 0.0731. The van der Waals surface area contributed by atoms with E-state index < -0.39 is 10.0 Å². The van der Waals surface area contributed by atoms with Crippen LogP contribution in [-0.2, 0) is 17.1 Å². The first kappa shape index (κ1) is 16.0. The van der Waals surface area contributed by atoms with Crippen LogP contribution < -0.4 is 4.72 Å². The summed E-state index contributed by atoms with van der Waals surface area (Å²) in [5.41, 5.74) is 0.423. The van der Waals surface area contributed by atoms with E-state index in [1.54, 1.807) is 11.6 Å². The van der Waals surface area contributed by atoms with Crippen LogP contribution in [0.2, 0.25) is 0 Å². The van der Waals surface area contributed by atoms with E-state index in [4.69, 9.17) is 0 Å². The van der Waals surface area contributed by atoms with Gasteiger partial charge in [0.25, 0.3) is 5.91 Å². The number of nitrogens with zero attached hydrogens (tertiary/aromatic N) is 2. The number of aryl methyl sites for hydroxylation is 1. The molecule has 0 spiro atoms. The van der Waals surface area contributed by atoms with Gasteiger partial charge in [-0.2, -0.15) is 0 Å². The van der Waals surface area contributed by atoms with Crippen LogP contribution in [-0.4, -0.2) is 43.4 Å². The number of hydrogen-bond acceptors (Lipinski definition) is 3. The van der Waals surface area contributed by atoms with Gasteiger partial charge in [-0.25, -0.2) is 13.1 Å². The first-order valence-corrected chi connectivity index (χ1v) is 8.80. The van der Waals surface area contributed by atoms with Crippen molar-refractivity contribution in [3.8, 4) is 0 Å². The molecule has 1 saturated carbocycles. The molecule has 2 rings (SSSR count). The molecule has 0 atom stereocenters. The smallest absolute Gasteiger partial charge is 0.270 e. The van der Waals surface area contributed by atoms with Crippen molar-refractivity contribution in [2.24, 2.45) is 7.05 Å². The predicted molar refractivity (Wildman–Crippen MR) is 80.6 cm³/mol. The summed E-state index contributed by atoms with van der Waals surface area (Å²) in [6, 6.07) is 1.78. The summed E-state index contributed by atoms with van der Waals surface area (Å²) >= 11 is 0. The van der Waals surface area contributed by atoms with Gasteiger partial charge < -0.3 is 9.47 Å². The number of amides is 1. The molecule has 6 nitrogen and oxygen atoms in total. The van der Waals surface area contributed by atoms with Crippen molar-refractivity contribution in [1.82, 2.24) is 14.2 Å². The fraction of sp³-hybridized carbons (Fsp3) is 0.643. The quantitative estimate of drug-likeness (QED) is 0.825. The summed E-state index contributed by atoms with van der Waals surface area (Å²) in [7, 11) is -0.458. The molecular formula is C14H23N3O3S. The third-order valence-electron chi connectivity index (χ3n) is 3.78. The number of sulfonamides is 1. The summed E-state index contributed by atoms with van der Waals surface area (Å²) in [5, 5.41) is 0. The Labute approximate surface area is 126 Å². The second-order valence-electron chi connectivity index (χ2n) is 5.46. The summed E-state index contributed by atoms with van der Waals surface area (Å²) in [6.45, 7) is 2.83. The van der Waals surface area contributed by atoms with E-state index >= 15 is 0 Å². The molecule has 21 heavy (non-hydrogen) atoms. The van der Waals surface area contributed by atoms with Gasteiger partial charge in [0.15, 0.2) is 0 Å². The van der Waals surface area contributed by atoms with Crippen LogP contribution in [0, 0.1) is 0 Å². The summed E-state index contributed by atoms with van der Waals surface area (Å²) < 4.78 is 27.5. The standard InChI is InChI=1S/C14H23N3O3S/c1-4-5-8-17(11-6-7-11)14(18)13-9-12(10-16(13)3)21(19,20)15-2/h9-11,15H,4-8H2,1-3H3. The van der Waals surface area contributed by atoms with Crippen LogP contribution in [0.15, 0.2) is 17.2 Å². The molecule has 1 amide bonds. The molecule has 7 heteroatoms. The second kappa shape index (κ2) is 6.19. The van der Waals surface area contributed by atoms with Crippen LogP contribution in [0.5, 0.6) is 0 Å². The highest BCUT2D eigenvalue weighted by Gasteiger charge is 2.34. The maximum atomic E-state index is 12.7. The normalized spacial score (nSPS) is 15.2. The van der Waals surface area contributed by atoms with Crippen molar-refractivity contribution < 1.29 is 13.2 Å². The lowest BCUT2D eigenvalue weighted by Gasteiger charge is -2.22. The number of carbonyl (C=O) groups is 1. The van der Waals surface area contributed by atoms with Gasteiger partial charge in [0.1, 0.15) is 10.6 Å². The minimum Gasteiger partial charge on any atom is -0.345 e. The third-order valence-corrected chi connectivity index (χ3v) is 5.16. The Kier molecular flexibility index (Phi) is 4.73. The molecule has 0 radical (unpaired) electrons. The largest absolute Gasteiger partial charge is 0.345 e. The SMILES string of the molecule is CCCCN(C(=O)c1cc(S(=O)(=O)NC)cn1C)C1CC1. The maximum Gasteiger partial charge on any atom is 0.270 e. The van der Waals surface area contributed by atoms with E-state index in [1.807, 2.05) is 4.90 Å². The molecule has 1 heterocycles. The highest BCUT2D eigenvalue weighted by atomic mass is 32.2. The summed E-state index contributed by atoms with van der Waals surface area (Å²) in [4.78, 5) is 14.7. The molecule has 0 unspecified atom stereocenters. The molecule has 0 bridgehead atoms.